The molecule has 0 spiro atoms. The predicted octanol–water partition coefficient (Wildman–Crippen LogP) is 1.60. The number of nitrogens with two attached hydrogens (primary N) is 1. The topological polar surface area (TPSA) is 58.4 Å². The molecule has 1 fully saturated rings. The van der Waals surface area contributed by atoms with Crippen molar-refractivity contribution in [3.05, 3.63) is 0 Å². The smallest absolute Gasteiger partial charge is 0.234 e. The van der Waals surface area contributed by atoms with Crippen LogP contribution in [0.3, 0.4) is 0 Å². The summed E-state index contributed by atoms with van der Waals surface area (Å²) in [7, 11) is 1.80. The SMILES string of the molecule is CNC(CCN1CCCC(C(C)(C)C)CC1)C(N)=O. The van der Waals surface area contributed by atoms with Gasteiger partial charge in [-0.15, -0.1) is 0 Å². The van der Waals surface area contributed by atoms with Crippen LogP contribution in [0.15, 0.2) is 0 Å². The largest absolute Gasteiger partial charge is 0.368 e. The second-order valence-corrected chi connectivity index (χ2v) is 6.87. The average molecular weight is 269 g/mol. The highest BCUT2D eigenvalue weighted by Crippen LogP contribution is 2.34. The van der Waals surface area contributed by atoms with Gasteiger partial charge in [-0.05, 0) is 57.2 Å². The Bertz CT molecular complexity index is 286. The molecule has 0 aromatic heterocycles. The van der Waals surface area contributed by atoms with Crippen LogP contribution < -0.4 is 11.1 Å². The van der Waals surface area contributed by atoms with E-state index >= 15 is 0 Å². The van der Waals surface area contributed by atoms with Crippen molar-refractivity contribution in [3.8, 4) is 0 Å². The first-order chi connectivity index (χ1) is 8.84. The number of likely N-dealkylation sites (tertiary alicyclic amines) is 1. The Hall–Kier alpha value is -0.610. The molecule has 0 aromatic carbocycles. The van der Waals surface area contributed by atoms with Crippen LogP contribution in [0.25, 0.3) is 0 Å². The fourth-order valence-corrected chi connectivity index (χ4v) is 2.99. The van der Waals surface area contributed by atoms with Gasteiger partial charge >= 0.3 is 0 Å². The van der Waals surface area contributed by atoms with Gasteiger partial charge in [-0.1, -0.05) is 20.8 Å². The number of carbonyl (C=O) groups is 1. The lowest BCUT2D eigenvalue weighted by atomic mass is 9.77. The highest BCUT2D eigenvalue weighted by Gasteiger charge is 2.27. The highest BCUT2D eigenvalue weighted by molar-refractivity contribution is 5.79. The molecule has 2 unspecified atom stereocenters. The van der Waals surface area contributed by atoms with Gasteiger partial charge in [0.05, 0.1) is 6.04 Å². The molecule has 1 aliphatic heterocycles. The van der Waals surface area contributed by atoms with E-state index in [4.69, 9.17) is 5.73 Å². The number of hydrogen-bond donors (Lipinski definition) is 2. The Morgan fingerprint density at radius 3 is 2.58 bits per heavy atom. The maximum atomic E-state index is 11.2. The number of nitrogens with one attached hydrogen (secondary N) is 1. The van der Waals surface area contributed by atoms with Gasteiger partial charge in [0.25, 0.3) is 0 Å². The van der Waals surface area contributed by atoms with Crippen LogP contribution >= 0.6 is 0 Å². The zero-order valence-electron chi connectivity index (χ0n) is 13.0. The summed E-state index contributed by atoms with van der Waals surface area (Å²) in [5, 5.41) is 2.99. The average Bonchev–Trinajstić information content (AvgIpc) is 2.54. The van der Waals surface area contributed by atoms with Crippen molar-refractivity contribution in [2.45, 2.75) is 52.5 Å². The molecule has 1 rings (SSSR count). The summed E-state index contributed by atoms with van der Waals surface area (Å²) in [5.74, 6) is 0.568. The van der Waals surface area contributed by atoms with Gasteiger partial charge in [-0.25, -0.2) is 0 Å². The molecule has 112 valence electrons. The lowest BCUT2D eigenvalue weighted by Crippen LogP contribution is -2.42. The number of hydrogen-bond acceptors (Lipinski definition) is 3. The number of primary amides is 1. The molecule has 0 bridgehead atoms. The monoisotopic (exact) mass is 269 g/mol. The number of likely N-dealkylation sites (N-methyl/N-ethyl adjacent to an activating group) is 1. The summed E-state index contributed by atoms with van der Waals surface area (Å²) in [6, 6.07) is -0.193. The van der Waals surface area contributed by atoms with E-state index in [1.807, 2.05) is 0 Å². The standard InChI is InChI=1S/C15H31N3O/c1-15(2,3)12-6-5-9-18(10-7-12)11-8-13(17-4)14(16)19/h12-13,17H,5-11H2,1-4H3,(H2,16,19). The van der Waals surface area contributed by atoms with E-state index in [-0.39, 0.29) is 11.9 Å². The molecule has 4 heteroatoms. The minimum absolute atomic E-state index is 0.193. The van der Waals surface area contributed by atoms with E-state index in [9.17, 15) is 4.79 Å². The maximum Gasteiger partial charge on any atom is 0.234 e. The molecule has 0 saturated carbocycles. The van der Waals surface area contributed by atoms with Crippen LogP contribution in [0.4, 0.5) is 0 Å². The van der Waals surface area contributed by atoms with Crippen molar-refractivity contribution in [1.29, 1.82) is 0 Å². The van der Waals surface area contributed by atoms with Gasteiger partial charge in [-0.2, -0.15) is 0 Å². The molecule has 1 heterocycles. The summed E-state index contributed by atoms with van der Waals surface area (Å²) in [6.07, 6.45) is 4.67. The van der Waals surface area contributed by atoms with Gasteiger partial charge in [0.2, 0.25) is 5.91 Å². The van der Waals surface area contributed by atoms with E-state index in [2.05, 4.69) is 31.0 Å². The van der Waals surface area contributed by atoms with E-state index in [0.29, 0.717) is 5.41 Å². The van der Waals surface area contributed by atoms with Crippen molar-refractivity contribution in [2.24, 2.45) is 17.1 Å². The minimum atomic E-state index is -0.245. The lowest BCUT2D eigenvalue weighted by molar-refractivity contribution is -0.120. The van der Waals surface area contributed by atoms with E-state index in [0.717, 1.165) is 32.0 Å². The van der Waals surface area contributed by atoms with Crippen LogP contribution in [-0.2, 0) is 4.79 Å². The Labute approximate surface area is 118 Å². The molecule has 0 aromatic rings. The second-order valence-electron chi connectivity index (χ2n) is 6.87. The number of nitrogens with zero attached hydrogens (tertiary/aromatic N) is 1. The van der Waals surface area contributed by atoms with Crippen molar-refractivity contribution >= 4 is 5.91 Å². The Kier molecular flexibility index (Phi) is 6.27. The van der Waals surface area contributed by atoms with Crippen LogP contribution in [0.2, 0.25) is 0 Å². The third kappa shape index (κ3) is 5.49. The molecule has 4 nitrogen and oxygen atoms in total. The fraction of sp³-hybridized carbons (Fsp3) is 0.933. The highest BCUT2D eigenvalue weighted by atomic mass is 16.1. The van der Waals surface area contributed by atoms with Gasteiger partial charge in [0, 0.05) is 6.54 Å². The summed E-state index contributed by atoms with van der Waals surface area (Å²) in [5.41, 5.74) is 5.77. The summed E-state index contributed by atoms with van der Waals surface area (Å²) in [4.78, 5) is 13.7. The third-order valence-corrected chi connectivity index (χ3v) is 4.47. The van der Waals surface area contributed by atoms with Crippen LogP contribution in [0.1, 0.15) is 46.5 Å². The number of amides is 1. The van der Waals surface area contributed by atoms with Gasteiger partial charge < -0.3 is 16.0 Å². The molecule has 0 radical (unpaired) electrons. The molecule has 3 N–H and O–H groups in total. The first-order valence-electron chi connectivity index (χ1n) is 7.53. The van der Waals surface area contributed by atoms with Gasteiger partial charge in [0.15, 0.2) is 0 Å². The second kappa shape index (κ2) is 7.25. The zero-order valence-corrected chi connectivity index (χ0v) is 13.0. The number of carbonyl (C=O) groups excluding carboxylic acids is 1. The van der Waals surface area contributed by atoms with Crippen molar-refractivity contribution in [3.63, 3.8) is 0 Å². The minimum Gasteiger partial charge on any atom is -0.368 e. The van der Waals surface area contributed by atoms with Crippen LogP contribution in [-0.4, -0.2) is 43.5 Å². The first kappa shape index (κ1) is 16.4. The first-order valence-corrected chi connectivity index (χ1v) is 7.53. The molecule has 19 heavy (non-hydrogen) atoms. The van der Waals surface area contributed by atoms with E-state index < -0.39 is 0 Å². The van der Waals surface area contributed by atoms with Crippen LogP contribution in [0, 0.1) is 11.3 Å². The van der Waals surface area contributed by atoms with Crippen LogP contribution in [0.5, 0.6) is 0 Å². The molecule has 1 aliphatic rings. The van der Waals surface area contributed by atoms with Gasteiger partial charge in [-0.3, -0.25) is 4.79 Å². The molecule has 1 amide bonds. The van der Waals surface area contributed by atoms with E-state index in [1.54, 1.807) is 7.05 Å². The quantitative estimate of drug-likeness (QED) is 0.797. The molecular weight excluding hydrogens is 238 g/mol. The lowest BCUT2D eigenvalue weighted by Gasteiger charge is -2.30. The van der Waals surface area contributed by atoms with E-state index in [1.165, 1.54) is 19.3 Å². The Morgan fingerprint density at radius 1 is 1.37 bits per heavy atom. The zero-order chi connectivity index (χ0) is 14.5. The maximum absolute atomic E-state index is 11.2. The fourth-order valence-electron chi connectivity index (χ4n) is 2.99. The summed E-state index contributed by atoms with van der Waals surface area (Å²) >= 11 is 0. The van der Waals surface area contributed by atoms with Crippen molar-refractivity contribution < 1.29 is 4.79 Å². The molecule has 1 saturated heterocycles. The summed E-state index contributed by atoms with van der Waals surface area (Å²) < 4.78 is 0. The Balaban J connectivity index is 2.39. The van der Waals surface area contributed by atoms with Crippen molar-refractivity contribution in [1.82, 2.24) is 10.2 Å². The molecule has 0 aliphatic carbocycles. The van der Waals surface area contributed by atoms with Crippen molar-refractivity contribution in [2.75, 3.05) is 26.7 Å². The molecule has 2 atom stereocenters. The predicted molar refractivity (Wildman–Crippen MR) is 79.9 cm³/mol. The normalized spacial score (nSPS) is 23.9. The Morgan fingerprint density at radius 2 is 2.05 bits per heavy atom. The summed E-state index contributed by atoms with van der Waals surface area (Å²) in [6.45, 7) is 10.3. The third-order valence-electron chi connectivity index (χ3n) is 4.47. The molecular formula is C15H31N3O. The number of rotatable bonds is 5. The van der Waals surface area contributed by atoms with Gasteiger partial charge in [0.1, 0.15) is 0 Å².